The van der Waals surface area contributed by atoms with Gasteiger partial charge in [0.25, 0.3) is 0 Å². The number of carbonyl (C=O) groups is 1. The number of carbonyl (C=O) groups excluding carboxylic acids is 1. The second kappa shape index (κ2) is 7.05. The van der Waals surface area contributed by atoms with E-state index >= 15 is 0 Å². The van der Waals surface area contributed by atoms with Crippen LogP contribution in [0.3, 0.4) is 0 Å². The lowest BCUT2D eigenvalue weighted by Gasteiger charge is -2.33. The van der Waals surface area contributed by atoms with Gasteiger partial charge in [-0.25, -0.2) is 13.6 Å². The lowest BCUT2D eigenvalue weighted by atomic mass is 10.1. The second-order valence-corrected chi connectivity index (χ2v) is 7.38. The third-order valence-electron chi connectivity index (χ3n) is 4.17. The summed E-state index contributed by atoms with van der Waals surface area (Å²) in [5.41, 5.74) is -0.559. The van der Waals surface area contributed by atoms with Gasteiger partial charge in [0, 0.05) is 49.1 Å². The minimum absolute atomic E-state index is 0.266. The molecule has 0 spiro atoms. The van der Waals surface area contributed by atoms with Crippen molar-refractivity contribution in [2.75, 3.05) is 13.1 Å². The topological polar surface area (TPSA) is 51.7 Å². The summed E-state index contributed by atoms with van der Waals surface area (Å²) in [6.07, 6.45) is 3.07. The van der Waals surface area contributed by atoms with Crippen LogP contribution in [0.2, 0.25) is 0 Å². The fourth-order valence-electron chi connectivity index (χ4n) is 2.91. The number of halogens is 2. The molecule has 0 saturated carbocycles. The molecular weight excluding hydrogens is 342 g/mol. The Kier molecular flexibility index (Phi) is 4.98. The highest BCUT2D eigenvalue weighted by Crippen LogP contribution is 2.31. The molecule has 1 amide bonds. The molecule has 5 nitrogen and oxygen atoms in total. The van der Waals surface area contributed by atoms with Crippen molar-refractivity contribution < 1.29 is 23.0 Å². The van der Waals surface area contributed by atoms with Gasteiger partial charge in [-0.1, -0.05) is 0 Å². The fourth-order valence-corrected chi connectivity index (χ4v) is 2.91. The van der Waals surface area contributed by atoms with E-state index in [0.717, 1.165) is 0 Å². The number of pyridine rings is 1. The van der Waals surface area contributed by atoms with E-state index in [9.17, 15) is 13.6 Å². The average molecular weight is 364 g/mol. The van der Waals surface area contributed by atoms with E-state index in [0.29, 0.717) is 31.3 Å². The van der Waals surface area contributed by atoms with E-state index in [-0.39, 0.29) is 23.3 Å². The third-order valence-corrected chi connectivity index (χ3v) is 4.17. The van der Waals surface area contributed by atoms with Gasteiger partial charge >= 0.3 is 6.09 Å². The molecule has 0 unspecified atom stereocenters. The van der Waals surface area contributed by atoms with Crippen LogP contribution < -0.4 is 4.74 Å². The van der Waals surface area contributed by atoms with Gasteiger partial charge in [-0.3, -0.25) is 4.98 Å². The van der Waals surface area contributed by atoms with Crippen LogP contribution in [0.1, 0.15) is 33.6 Å². The van der Waals surface area contributed by atoms with Crippen LogP contribution in [0, 0.1) is 11.6 Å². The van der Waals surface area contributed by atoms with E-state index in [1.54, 1.807) is 4.90 Å². The Bertz CT molecular complexity index is 812. The van der Waals surface area contributed by atoms with E-state index in [2.05, 4.69) is 4.98 Å². The van der Waals surface area contributed by atoms with Crippen molar-refractivity contribution in [3.05, 3.63) is 36.2 Å². The van der Waals surface area contributed by atoms with Gasteiger partial charge < -0.3 is 14.4 Å². The minimum atomic E-state index is -0.752. The van der Waals surface area contributed by atoms with Crippen LogP contribution in [0.4, 0.5) is 13.6 Å². The van der Waals surface area contributed by atoms with Gasteiger partial charge in [0.2, 0.25) is 0 Å². The van der Waals surface area contributed by atoms with Crippen LogP contribution in [0.25, 0.3) is 10.8 Å². The highest BCUT2D eigenvalue weighted by molar-refractivity contribution is 5.83. The molecule has 0 N–H and O–H groups in total. The number of piperidine rings is 1. The molecule has 2 aromatic rings. The minimum Gasteiger partial charge on any atom is -0.484 e. The molecule has 0 bridgehead atoms. The van der Waals surface area contributed by atoms with Gasteiger partial charge in [0.1, 0.15) is 11.7 Å². The van der Waals surface area contributed by atoms with Crippen molar-refractivity contribution in [2.45, 2.75) is 45.3 Å². The molecule has 1 aliphatic heterocycles. The molecule has 0 atom stereocenters. The summed E-state index contributed by atoms with van der Waals surface area (Å²) < 4.78 is 39.8. The molecule has 0 aliphatic carbocycles. The maximum absolute atomic E-state index is 14.6. The number of benzene rings is 1. The standard InChI is InChI=1S/C19H22F2N2O3/c1-19(2,3)26-18(24)23-8-5-13(6-9-23)25-17-15(20)10-12-11-22-7-4-14(12)16(17)21/h4,7,10-11,13H,5-6,8-9H2,1-3H3. The fraction of sp³-hybridized carbons (Fsp3) is 0.474. The van der Waals surface area contributed by atoms with Crippen molar-refractivity contribution in [1.82, 2.24) is 9.88 Å². The number of likely N-dealkylation sites (tertiary alicyclic amines) is 1. The quantitative estimate of drug-likeness (QED) is 0.798. The molecule has 26 heavy (non-hydrogen) atoms. The van der Waals surface area contributed by atoms with Crippen molar-refractivity contribution in [1.29, 1.82) is 0 Å². The molecule has 7 heteroatoms. The largest absolute Gasteiger partial charge is 0.484 e. The van der Waals surface area contributed by atoms with Crippen molar-refractivity contribution in [3.63, 3.8) is 0 Å². The molecular formula is C19H22F2N2O3. The SMILES string of the molecule is CC(C)(C)OC(=O)N1CCC(Oc2c(F)cc3cnccc3c2F)CC1. The molecule has 1 aromatic heterocycles. The molecule has 3 rings (SSSR count). The Morgan fingerprint density at radius 1 is 1.27 bits per heavy atom. The van der Waals surface area contributed by atoms with E-state index in [1.165, 1.54) is 24.5 Å². The van der Waals surface area contributed by atoms with Gasteiger partial charge in [0.05, 0.1) is 0 Å². The molecule has 1 aromatic carbocycles. The van der Waals surface area contributed by atoms with Crippen molar-refractivity contribution in [2.24, 2.45) is 0 Å². The monoisotopic (exact) mass is 364 g/mol. The highest BCUT2D eigenvalue weighted by atomic mass is 19.1. The number of hydrogen-bond acceptors (Lipinski definition) is 4. The average Bonchev–Trinajstić information content (AvgIpc) is 2.57. The number of amides is 1. The third kappa shape index (κ3) is 4.03. The Morgan fingerprint density at radius 3 is 2.62 bits per heavy atom. The summed E-state index contributed by atoms with van der Waals surface area (Å²) in [6.45, 7) is 6.26. The zero-order chi connectivity index (χ0) is 18.9. The smallest absolute Gasteiger partial charge is 0.410 e. The number of rotatable bonds is 2. The first-order valence-corrected chi connectivity index (χ1v) is 8.61. The zero-order valence-corrected chi connectivity index (χ0v) is 15.1. The zero-order valence-electron chi connectivity index (χ0n) is 15.1. The summed E-state index contributed by atoms with van der Waals surface area (Å²) in [4.78, 5) is 17.5. The maximum atomic E-state index is 14.6. The Labute approximate surface area is 150 Å². The van der Waals surface area contributed by atoms with Crippen LogP contribution in [0.5, 0.6) is 5.75 Å². The first kappa shape index (κ1) is 18.4. The van der Waals surface area contributed by atoms with Crippen molar-refractivity contribution >= 4 is 16.9 Å². The predicted molar refractivity (Wildman–Crippen MR) is 93.1 cm³/mol. The summed E-state index contributed by atoms with van der Waals surface area (Å²) in [5, 5.41) is 0.650. The number of nitrogens with zero attached hydrogens (tertiary/aromatic N) is 2. The molecule has 140 valence electrons. The number of fused-ring (bicyclic) bond motifs is 1. The normalized spacial score (nSPS) is 16.0. The molecule has 2 heterocycles. The Hall–Kier alpha value is -2.44. The first-order chi connectivity index (χ1) is 12.2. The maximum Gasteiger partial charge on any atom is 0.410 e. The first-order valence-electron chi connectivity index (χ1n) is 8.61. The van der Waals surface area contributed by atoms with E-state index in [4.69, 9.17) is 9.47 Å². The summed E-state index contributed by atoms with van der Waals surface area (Å²) in [5.74, 6) is -1.85. The molecule has 0 radical (unpaired) electrons. The summed E-state index contributed by atoms with van der Waals surface area (Å²) >= 11 is 0. The van der Waals surface area contributed by atoms with Gasteiger partial charge in [-0.15, -0.1) is 0 Å². The number of ether oxygens (including phenoxy) is 2. The lowest BCUT2D eigenvalue weighted by Crippen LogP contribution is -2.44. The number of aromatic nitrogens is 1. The number of hydrogen-bond donors (Lipinski definition) is 0. The second-order valence-electron chi connectivity index (χ2n) is 7.38. The predicted octanol–water partition coefficient (Wildman–Crippen LogP) is 4.29. The van der Waals surface area contributed by atoms with Gasteiger partial charge in [-0.05, 0) is 32.9 Å². The van der Waals surface area contributed by atoms with E-state index < -0.39 is 17.2 Å². The summed E-state index contributed by atoms with van der Waals surface area (Å²) in [6, 6.07) is 2.71. The summed E-state index contributed by atoms with van der Waals surface area (Å²) in [7, 11) is 0. The lowest BCUT2D eigenvalue weighted by molar-refractivity contribution is 0.0120. The Morgan fingerprint density at radius 2 is 1.96 bits per heavy atom. The Balaban J connectivity index is 1.67. The van der Waals surface area contributed by atoms with E-state index in [1.807, 2.05) is 20.8 Å². The van der Waals surface area contributed by atoms with Crippen LogP contribution >= 0.6 is 0 Å². The van der Waals surface area contributed by atoms with Gasteiger partial charge in [0.15, 0.2) is 17.4 Å². The van der Waals surface area contributed by atoms with Crippen LogP contribution in [-0.4, -0.2) is 40.8 Å². The highest BCUT2D eigenvalue weighted by Gasteiger charge is 2.29. The van der Waals surface area contributed by atoms with Crippen LogP contribution in [-0.2, 0) is 4.74 Å². The van der Waals surface area contributed by atoms with Crippen LogP contribution in [0.15, 0.2) is 24.5 Å². The molecule has 1 fully saturated rings. The molecule has 1 saturated heterocycles. The van der Waals surface area contributed by atoms with Crippen molar-refractivity contribution in [3.8, 4) is 5.75 Å². The van der Waals surface area contributed by atoms with Gasteiger partial charge in [-0.2, -0.15) is 0 Å². The molecule has 1 aliphatic rings.